The molecule has 0 aromatic heterocycles. The Balaban J connectivity index is 2.23. The molecular weight excluding hydrogens is 243 g/mol. The van der Waals surface area contributed by atoms with E-state index < -0.39 is 0 Å². The molecule has 0 aliphatic carbocycles. The maximum Gasteiger partial charge on any atom is 0.130 e. The van der Waals surface area contributed by atoms with Crippen molar-refractivity contribution in [3.05, 3.63) is 29.6 Å². The van der Waals surface area contributed by atoms with Crippen LogP contribution in [0.25, 0.3) is 0 Å². The Morgan fingerprint density at radius 3 is 3.00 bits per heavy atom. The van der Waals surface area contributed by atoms with Crippen LogP contribution >= 0.6 is 0 Å². The van der Waals surface area contributed by atoms with Crippen LogP contribution in [-0.4, -0.2) is 31.9 Å². The Hall–Kier alpha value is -1.13. The summed E-state index contributed by atoms with van der Waals surface area (Å²) in [5.41, 5.74) is 1.73. The van der Waals surface area contributed by atoms with Crippen LogP contribution in [0.3, 0.4) is 0 Å². The molecule has 1 saturated heterocycles. The second-order valence-electron chi connectivity index (χ2n) is 5.30. The summed E-state index contributed by atoms with van der Waals surface area (Å²) in [5.74, 6) is 0.371. The molecule has 2 unspecified atom stereocenters. The van der Waals surface area contributed by atoms with E-state index in [1.165, 1.54) is 6.07 Å². The zero-order valence-electron chi connectivity index (χ0n) is 11.7. The fraction of sp³-hybridized carbons (Fsp3) is 0.600. The van der Waals surface area contributed by atoms with Crippen molar-refractivity contribution in [1.29, 1.82) is 0 Å². The van der Waals surface area contributed by atoms with Crippen molar-refractivity contribution in [2.24, 2.45) is 5.92 Å². The highest BCUT2D eigenvalue weighted by Crippen LogP contribution is 2.33. The molecule has 3 nitrogen and oxygen atoms in total. The quantitative estimate of drug-likeness (QED) is 0.858. The molecule has 1 aromatic rings. The van der Waals surface area contributed by atoms with Crippen LogP contribution in [0.4, 0.5) is 10.1 Å². The fourth-order valence-electron chi connectivity index (χ4n) is 2.84. The molecule has 1 heterocycles. The van der Waals surface area contributed by atoms with Crippen LogP contribution < -0.4 is 10.2 Å². The summed E-state index contributed by atoms with van der Waals surface area (Å²) in [6.07, 6.45) is 1.91. The van der Waals surface area contributed by atoms with Gasteiger partial charge in [-0.15, -0.1) is 0 Å². The minimum atomic E-state index is -0.148. The molecule has 1 fully saturated rings. The lowest BCUT2D eigenvalue weighted by Gasteiger charge is -2.25. The van der Waals surface area contributed by atoms with E-state index in [1.54, 1.807) is 6.07 Å². The van der Waals surface area contributed by atoms with Gasteiger partial charge in [-0.05, 0) is 44.9 Å². The molecular formula is C15H23FN2O. The topological polar surface area (TPSA) is 35.5 Å². The van der Waals surface area contributed by atoms with Crippen LogP contribution in [0.2, 0.25) is 0 Å². The van der Waals surface area contributed by atoms with Gasteiger partial charge in [-0.3, -0.25) is 0 Å². The lowest BCUT2D eigenvalue weighted by Crippen LogP contribution is -2.24. The largest absolute Gasteiger partial charge is 0.396 e. The summed E-state index contributed by atoms with van der Waals surface area (Å²) in [6.45, 7) is 4.07. The lowest BCUT2D eigenvalue weighted by molar-refractivity contribution is 0.263. The number of nitrogens with zero attached hydrogens (tertiary/aromatic N) is 1. The van der Waals surface area contributed by atoms with Crippen molar-refractivity contribution < 1.29 is 9.50 Å². The van der Waals surface area contributed by atoms with Crippen molar-refractivity contribution in [1.82, 2.24) is 5.32 Å². The summed E-state index contributed by atoms with van der Waals surface area (Å²) >= 11 is 0. The van der Waals surface area contributed by atoms with E-state index in [1.807, 2.05) is 20.0 Å². The monoisotopic (exact) mass is 266 g/mol. The van der Waals surface area contributed by atoms with Gasteiger partial charge in [0.05, 0.1) is 0 Å². The van der Waals surface area contributed by atoms with Gasteiger partial charge in [-0.1, -0.05) is 6.07 Å². The van der Waals surface area contributed by atoms with Crippen LogP contribution in [-0.2, 0) is 0 Å². The van der Waals surface area contributed by atoms with Crippen molar-refractivity contribution in [3.63, 3.8) is 0 Å². The Kier molecular flexibility index (Phi) is 4.77. The van der Waals surface area contributed by atoms with E-state index in [-0.39, 0.29) is 18.5 Å². The molecule has 0 saturated carbocycles. The average Bonchev–Trinajstić information content (AvgIpc) is 2.86. The number of hydrogen-bond donors (Lipinski definition) is 2. The maximum absolute atomic E-state index is 14.1. The number of anilines is 1. The molecule has 2 atom stereocenters. The third-order valence-corrected chi connectivity index (χ3v) is 4.06. The smallest absolute Gasteiger partial charge is 0.130 e. The van der Waals surface area contributed by atoms with E-state index in [2.05, 4.69) is 10.2 Å². The first-order valence-corrected chi connectivity index (χ1v) is 6.98. The summed E-state index contributed by atoms with van der Waals surface area (Å²) in [4.78, 5) is 2.24. The Morgan fingerprint density at radius 1 is 1.53 bits per heavy atom. The van der Waals surface area contributed by atoms with Gasteiger partial charge in [0, 0.05) is 37.0 Å². The zero-order chi connectivity index (χ0) is 13.8. The van der Waals surface area contributed by atoms with Crippen molar-refractivity contribution in [2.75, 3.05) is 31.6 Å². The summed E-state index contributed by atoms with van der Waals surface area (Å²) < 4.78 is 14.1. The van der Waals surface area contributed by atoms with E-state index in [4.69, 9.17) is 5.11 Å². The number of benzene rings is 1. The first kappa shape index (κ1) is 14.3. The molecule has 0 bridgehead atoms. The molecule has 2 N–H and O–H groups in total. The first-order valence-electron chi connectivity index (χ1n) is 6.98. The Bertz CT molecular complexity index is 425. The molecule has 1 aliphatic heterocycles. The molecule has 0 radical (unpaired) electrons. The molecule has 19 heavy (non-hydrogen) atoms. The number of aliphatic hydroxyl groups excluding tert-OH is 1. The van der Waals surface area contributed by atoms with Gasteiger partial charge in [0.2, 0.25) is 0 Å². The van der Waals surface area contributed by atoms with E-state index in [9.17, 15) is 4.39 Å². The maximum atomic E-state index is 14.1. The van der Waals surface area contributed by atoms with Gasteiger partial charge in [0.25, 0.3) is 0 Å². The highest BCUT2D eigenvalue weighted by atomic mass is 19.1. The third-order valence-electron chi connectivity index (χ3n) is 4.06. The molecule has 0 spiro atoms. The van der Waals surface area contributed by atoms with Gasteiger partial charge in [0.1, 0.15) is 5.82 Å². The van der Waals surface area contributed by atoms with Gasteiger partial charge >= 0.3 is 0 Å². The molecule has 1 aliphatic rings. The normalized spacial score (nSPS) is 20.8. The molecule has 1 aromatic carbocycles. The van der Waals surface area contributed by atoms with E-state index in [0.29, 0.717) is 5.92 Å². The fourth-order valence-corrected chi connectivity index (χ4v) is 2.84. The Morgan fingerprint density at radius 2 is 2.32 bits per heavy atom. The average molecular weight is 266 g/mol. The van der Waals surface area contributed by atoms with Crippen LogP contribution in [0.1, 0.15) is 31.4 Å². The highest BCUT2D eigenvalue weighted by molar-refractivity contribution is 5.56. The lowest BCUT2D eigenvalue weighted by atomic mass is 10.0. The predicted octanol–water partition coefficient (Wildman–Crippen LogP) is 2.31. The second-order valence-corrected chi connectivity index (χ2v) is 5.30. The van der Waals surface area contributed by atoms with Crippen LogP contribution in [0, 0.1) is 11.7 Å². The van der Waals surface area contributed by atoms with E-state index in [0.717, 1.165) is 37.2 Å². The van der Waals surface area contributed by atoms with Gasteiger partial charge < -0.3 is 15.3 Å². The predicted molar refractivity (Wildman–Crippen MR) is 75.9 cm³/mol. The third kappa shape index (κ3) is 3.07. The van der Waals surface area contributed by atoms with Gasteiger partial charge in [0.15, 0.2) is 0 Å². The summed E-state index contributed by atoms with van der Waals surface area (Å²) in [7, 11) is 1.85. The molecule has 0 amide bonds. The van der Waals surface area contributed by atoms with Crippen molar-refractivity contribution in [2.45, 2.75) is 25.8 Å². The number of hydrogen-bond acceptors (Lipinski definition) is 3. The van der Waals surface area contributed by atoms with Crippen LogP contribution in [0.15, 0.2) is 18.2 Å². The SMILES string of the molecule is CNC(C)c1c(F)cccc1N1CCC(CCO)C1. The number of halogens is 1. The second kappa shape index (κ2) is 6.35. The minimum Gasteiger partial charge on any atom is -0.396 e. The number of aliphatic hydroxyl groups is 1. The summed E-state index contributed by atoms with van der Waals surface area (Å²) in [5, 5.41) is 12.1. The van der Waals surface area contributed by atoms with Crippen LogP contribution in [0.5, 0.6) is 0 Å². The van der Waals surface area contributed by atoms with E-state index >= 15 is 0 Å². The Labute approximate surface area is 114 Å². The summed E-state index contributed by atoms with van der Waals surface area (Å²) in [6, 6.07) is 5.28. The molecule has 2 rings (SSSR count). The van der Waals surface area contributed by atoms with Gasteiger partial charge in [-0.25, -0.2) is 4.39 Å². The highest BCUT2D eigenvalue weighted by Gasteiger charge is 2.26. The minimum absolute atomic E-state index is 0.00640. The number of rotatable bonds is 5. The van der Waals surface area contributed by atoms with Crippen molar-refractivity contribution in [3.8, 4) is 0 Å². The molecule has 4 heteroatoms. The standard InChI is InChI=1S/C15H23FN2O/c1-11(17-2)15-13(16)4-3-5-14(15)18-8-6-12(10-18)7-9-19/h3-5,11-12,17,19H,6-10H2,1-2H3. The number of nitrogens with one attached hydrogen (secondary N) is 1. The zero-order valence-corrected chi connectivity index (χ0v) is 11.7. The van der Waals surface area contributed by atoms with Crippen molar-refractivity contribution >= 4 is 5.69 Å². The molecule has 106 valence electrons. The first-order chi connectivity index (χ1) is 9.17. The van der Waals surface area contributed by atoms with Gasteiger partial charge in [-0.2, -0.15) is 0 Å².